The van der Waals surface area contributed by atoms with E-state index < -0.39 is 32.3 Å². The number of rotatable bonds is 7. The highest BCUT2D eigenvalue weighted by atomic mass is 32.2. The molecule has 0 aliphatic rings. The van der Waals surface area contributed by atoms with E-state index in [0.29, 0.717) is 12.7 Å². The van der Waals surface area contributed by atoms with Crippen molar-refractivity contribution in [2.45, 2.75) is 11.8 Å². The number of ether oxygens (including phenoxy) is 1. The highest BCUT2D eigenvalue weighted by Crippen LogP contribution is 2.20. The highest BCUT2D eigenvalue weighted by molar-refractivity contribution is 7.89. The smallest absolute Gasteiger partial charge is 0.337 e. The summed E-state index contributed by atoms with van der Waals surface area (Å²) in [5.41, 5.74) is -0.463. The largest absolute Gasteiger partial charge is 0.478 e. The Balaban J connectivity index is 3.14. The van der Waals surface area contributed by atoms with Gasteiger partial charge >= 0.3 is 5.97 Å². The molecule has 0 saturated carbocycles. The van der Waals surface area contributed by atoms with Crippen LogP contribution in [0.1, 0.15) is 17.3 Å². The molecule has 8 heteroatoms. The fourth-order valence-corrected chi connectivity index (χ4v) is 2.86. The van der Waals surface area contributed by atoms with Crippen molar-refractivity contribution in [1.29, 1.82) is 0 Å². The Morgan fingerprint density at radius 3 is 2.65 bits per heavy atom. The van der Waals surface area contributed by atoms with E-state index in [2.05, 4.69) is 0 Å². The quantitative estimate of drug-likeness (QED) is 0.765. The average Bonchev–Trinajstić information content (AvgIpc) is 2.38. The van der Waals surface area contributed by atoms with Gasteiger partial charge in [-0.05, 0) is 25.1 Å². The molecule has 0 amide bonds. The lowest BCUT2D eigenvalue weighted by Gasteiger charge is -2.18. The number of carboxylic acid groups (broad SMARTS) is 1. The zero-order chi connectivity index (χ0) is 15.3. The summed E-state index contributed by atoms with van der Waals surface area (Å²) < 4.78 is 43.7. The second-order valence-electron chi connectivity index (χ2n) is 3.97. The van der Waals surface area contributed by atoms with Crippen LogP contribution in [0.4, 0.5) is 4.39 Å². The first-order valence-electron chi connectivity index (χ1n) is 5.87. The van der Waals surface area contributed by atoms with Crippen molar-refractivity contribution in [3.8, 4) is 0 Å². The standard InChI is InChI=1S/C12H16FNO5S/c1-3-19-7-6-14(2)20(17,18)11-8-9(13)4-5-10(11)12(15)16/h4-5,8H,3,6-7H2,1-2H3,(H,15,16). The Bertz CT molecular complexity index is 588. The minimum atomic E-state index is -4.09. The average molecular weight is 305 g/mol. The van der Waals surface area contributed by atoms with Crippen LogP contribution in [0.25, 0.3) is 0 Å². The predicted molar refractivity (Wildman–Crippen MR) is 69.7 cm³/mol. The van der Waals surface area contributed by atoms with Crippen LogP contribution in [0.3, 0.4) is 0 Å². The number of aromatic carboxylic acids is 1. The molecule has 0 aliphatic carbocycles. The molecule has 1 rings (SSSR count). The predicted octanol–water partition coefficient (Wildman–Crippen LogP) is 1.18. The van der Waals surface area contributed by atoms with Crippen molar-refractivity contribution in [1.82, 2.24) is 4.31 Å². The molecule has 0 bridgehead atoms. The third-order valence-corrected chi connectivity index (χ3v) is 4.51. The van der Waals surface area contributed by atoms with Gasteiger partial charge in [0.1, 0.15) is 5.82 Å². The first kappa shape index (κ1) is 16.5. The summed E-state index contributed by atoms with van der Waals surface area (Å²) in [6, 6.07) is 2.54. The summed E-state index contributed by atoms with van der Waals surface area (Å²) in [6.07, 6.45) is 0. The van der Waals surface area contributed by atoms with Gasteiger partial charge in [0, 0.05) is 20.2 Å². The molecule has 1 N–H and O–H groups in total. The highest BCUT2D eigenvalue weighted by Gasteiger charge is 2.27. The Kier molecular flexibility index (Phi) is 5.61. The summed E-state index contributed by atoms with van der Waals surface area (Å²) in [5, 5.41) is 8.99. The molecule has 0 fully saturated rings. The van der Waals surface area contributed by atoms with Crippen LogP contribution in [0.15, 0.2) is 23.1 Å². The van der Waals surface area contributed by atoms with E-state index in [0.717, 1.165) is 16.4 Å². The van der Waals surface area contributed by atoms with Gasteiger partial charge in [-0.15, -0.1) is 0 Å². The summed E-state index contributed by atoms with van der Waals surface area (Å²) in [5.74, 6) is -2.24. The van der Waals surface area contributed by atoms with Crippen LogP contribution < -0.4 is 0 Å². The summed E-state index contributed by atoms with van der Waals surface area (Å²) in [4.78, 5) is 10.5. The molecular weight excluding hydrogens is 289 g/mol. The van der Waals surface area contributed by atoms with E-state index in [4.69, 9.17) is 9.84 Å². The van der Waals surface area contributed by atoms with Crippen LogP contribution in [0.2, 0.25) is 0 Å². The number of nitrogens with zero attached hydrogens (tertiary/aromatic N) is 1. The normalized spacial score (nSPS) is 11.8. The lowest BCUT2D eigenvalue weighted by atomic mass is 10.2. The molecule has 0 atom stereocenters. The lowest BCUT2D eigenvalue weighted by Crippen LogP contribution is -2.31. The molecule has 0 saturated heterocycles. The van der Waals surface area contributed by atoms with Crippen LogP contribution in [-0.4, -0.2) is 50.6 Å². The summed E-state index contributed by atoms with van der Waals surface area (Å²) in [7, 11) is -2.80. The zero-order valence-corrected chi connectivity index (χ0v) is 12.0. The van der Waals surface area contributed by atoms with Gasteiger partial charge in [-0.1, -0.05) is 0 Å². The van der Waals surface area contributed by atoms with Gasteiger partial charge in [0.05, 0.1) is 17.1 Å². The van der Waals surface area contributed by atoms with Crippen LogP contribution in [0.5, 0.6) is 0 Å². The molecule has 0 spiro atoms. The van der Waals surface area contributed by atoms with Gasteiger partial charge in [0.15, 0.2) is 0 Å². The van der Waals surface area contributed by atoms with Crippen molar-refractivity contribution >= 4 is 16.0 Å². The number of hydrogen-bond donors (Lipinski definition) is 1. The van der Waals surface area contributed by atoms with E-state index in [1.54, 1.807) is 6.92 Å². The van der Waals surface area contributed by atoms with E-state index in [1.165, 1.54) is 7.05 Å². The van der Waals surface area contributed by atoms with Gasteiger partial charge in [-0.25, -0.2) is 17.6 Å². The maximum Gasteiger partial charge on any atom is 0.337 e. The maximum atomic E-state index is 13.2. The Labute approximate surface area is 116 Å². The second-order valence-corrected chi connectivity index (χ2v) is 5.98. The molecule has 20 heavy (non-hydrogen) atoms. The molecule has 0 heterocycles. The Morgan fingerprint density at radius 1 is 1.45 bits per heavy atom. The minimum absolute atomic E-state index is 0.0474. The Morgan fingerprint density at radius 2 is 2.10 bits per heavy atom. The van der Waals surface area contributed by atoms with E-state index in [1.807, 2.05) is 0 Å². The summed E-state index contributed by atoms with van der Waals surface area (Å²) >= 11 is 0. The van der Waals surface area contributed by atoms with E-state index >= 15 is 0 Å². The molecular formula is C12H16FNO5S. The molecule has 1 aromatic carbocycles. The van der Waals surface area contributed by atoms with Crippen molar-refractivity contribution in [2.24, 2.45) is 0 Å². The molecule has 6 nitrogen and oxygen atoms in total. The molecule has 112 valence electrons. The second kappa shape index (κ2) is 6.78. The number of benzene rings is 1. The van der Waals surface area contributed by atoms with Crippen molar-refractivity contribution < 1.29 is 27.4 Å². The van der Waals surface area contributed by atoms with Gasteiger partial charge in [-0.3, -0.25) is 0 Å². The van der Waals surface area contributed by atoms with Crippen LogP contribution >= 0.6 is 0 Å². The minimum Gasteiger partial charge on any atom is -0.478 e. The molecule has 0 aromatic heterocycles. The number of likely N-dealkylation sites (N-methyl/N-ethyl adjacent to an activating group) is 1. The third-order valence-electron chi connectivity index (χ3n) is 2.62. The third kappa shape index (κ3) is 3.75. The molecule has 1 aromatic rings. The van der Waals surface area contributed by atoms with Crippen molar-refractivity contribution in [3.05, 3.63) is 29.6 Å². The van der Waals surface area contributed by atoms with Crippen LogP contribution in [0, 0.1) is 5.82 Å². The topological polar surface area (TPSA) is 83.9 Å². The maximum absolute atomic E-state index is 13.2. The lowest BCUT2D eigenvalue weighted by molar-refractivity contribution is 0.0692. The van der Waals surface area contributed by atoms with E-state index in [9.17, 15) is 17.6 Å². The molecule has 0 aliphatic heterocycles. The Hall–Kier alpha value is -1.51. The van der Waals surface area contributed by atoms with E-state index in [-0.39, 0.29) is 13.2 Å². The van der Waals surface area contributed by atoms with Crippen molar-refractivity contribution in [2.75, 3.05) is 26.8 Å². The van der Waals surface area contributed by atoms with Gasteiger partial charge < -0.3 is 9.84 Å². The number of sulfonamides is 1. The number of halogens is 1. The monoisotopic (exact) mass is 305 g/mol. The summed E-state index contributed by atoms with van der Waals surface area (Å²) in [6.45, 7) is 2.42. The van der Waals surface area contributed by atoms with Gasteiger partial charge in [0.2, 0.25) is 10.0 Å². The molecule has 0 unspecified atom stereocenters. The number of carbonyl (C=O) groups is 1. The van der Waals surface area contributed by atoms with Gasteiger partial charge in [0.25, 0.3) is 0 Å². The fraction of sp³-hybridized carbons (Fsp3) is 0.417. The first-order valence-corrected chi connectivity index (χ1v) is 7.31. The number of hydrogen-bond acceptors (Lipinski definition) is 4. The van der Waals surface area contributed by atoms with Crippen LogP contribution in [-0.2, 0) is 14.8 Å². The SMILES string of the molecule is CCOCCN(C)S(=O)(=O)c1cc(F)ccc1C(=O)O. The first-order chi connectivity index (χ1) is 9.30. The van der Waals surface area contributed by atoms with Gasteiger partial charge in [-0.2, -0.15) is 4.31 Å². The zero-order valence-electron chi connectivity index (χ0n) is 11.2. The fourth-order valence-electron chi connectivity index (χ4n) is 1.51. The van der Waals surface area contributed by atoms with Crippen molar-refractivity contribution in [3.63, 3.8) is 0 Å². The molecule has 0 radical (unpaired) electrons. The number of carboxylic acids is 1.